The minimum atomic E-state index is -3.59. The summed E-state index contributed by atoms with van der Waals surface area (Å²) < 4.78 is 30.5. The summed E-state index contributed by atoms with van der Waals surface area (Å²) >= 11 is 8.49. The van der Waals surface area contributed by atoms with Crippen molar-refractivity contribution in [2.75, 3.05) is 18.4 Å². The maximum atomic E-state index is 13.1. The number of carbonyl (C=O) groups excluding carboxylic acids is 1. The molecule has 5 rings (SSSR count). The van der Waals surface area contributed by atoms with Gasteiger partial charge < -0.3 is 5.32 Å². The third-order valence-electron chi connectivity index (χ3n) is 6.05. The molecule has 0 aliphatic carbocycles. The lowest BCUT2D eigenvalue weighted by Gasteiger charge is -2.30. The molecular weight excluding hydrogens is 526 g/mol. The van der Waals surface area contributed by atoms with Gasteiger partial charge in [0, 0.05) is 25.1 Å². The Kier molecular flexibility index (Phi) is 6.47. The summed E-state index contributed by atoms with van der Waals surface area (Å²) in [4.78, 5) is 17.9. The summed E-state index contributed by atoms with van der Waals surface area (Å²) in [5.41, 5.74) is 3.97. The number of carbonyl (C=O) groups is 1. The average Bonchev–Trinajstić information content (AvgIpc) is 3.52. The van der Waals surface area contributed by atoms with Crippen LogP contribution in [-0.2, 0) is 14.8 Å². The molecule has 0 radical (unpaired) electrons. The van der Waals surface area contributed by atoms with Crippen LogP contribution in [0.3, 0.4) is 0 Å². The van der Waals surface area contributed by atoms with Crippen LogP contribution in [0.25, 0.3) is 15.3 Å². The molecule has 0 spiro atoms. The molecular formula is C23H24ClN5O3S3. The zero-order chi connectivity index (χ0) is 24.9. The van der Waals surface area contributed by atoms with Crippen LogP contribution >= 0.6 is 34.3 Å². The van der Waals surface area contributed by atoms with E-state index in [-0.39, 0.29) is 29.1 Å². The number of nitrogens with zero attached hydrogens (tertiary/aromatic N) is 4. The van der Waals surface area contributed by atoms with Crippen molar-refractivity contribution < 1.29 is 13.2 Å². The molecule has 1 aliphatic rings. The van der Waals surface area contributed by atoms with Gasteiger partial charge in [0.05, 0.1) is 20.2 Å². The number of sulfonamides is 1. The van der Waals surface area contributed by atoms with Crippen LogP contribution in [-0.4, -0.2) is 46.5 Å². The summed E-state index contributed by atoms with van der Waals surface area (Å²) in [7, 11) is -3.59. The van der Waals surface area contributed by atoms with Crippen molar-refractivity contribution in [3.63, 3.8) is 0 Å². The van der Waals surface area contributed by atoms with Crippen LogP contribution in [0.4, 0.5) is 5.82 Å². The summed E-state index contributed by atoms with van der Waals surface area (Å²) in [6.07, 6.45) is 0.883. The lowest BCUT2D eigenvalue weighted by molar-refractivity contribution is -0.120. The molecule has 1 amide bonds. The zero-order valence-electron chi connectivity index (χ0n) is 19.4. The minimum absolute atomic E-state index is 0.143. The Morgan fingerprint density at radius 1 is 1.11 bits per heavy atom. The number of hydrogen-bond donors (Lipinski definition) is 1. The number of nitrogens with one attached hydrogen (secondary N) is 1. The number of benzene rings is 1. The molecule has 35 heavy (non-hydrogen) atoms. The fourth-order valence-electron chi connectivity index (χ4n) is 4.33. The first-order valence-corrected chi connectivity index (χ1v) is 14.6. The number of aryl methyl sites for hydroxylation is 3. The van der Waals surface area contributed by atoms with Crippen LogP contribution in [0.1, 0.15) is 29.7 Å². The van der Waals surface area contributed by atoms with Gasteiger partial charge in [0.15, 0.2) is 0 Å². The Morgan fingerprint density at radius 3 is 2.54 bits per heavy atom. The van der Waals surface area contributed by atoms with Crippen LogP contribution in [0.2, 0.25) is 4.34 Å². The highest BCUT2D eigenvalue weighted by Gasteiger charge is 2.33. The number of aromatic nitrogens is 3. The first kappa shape index (κ1) is 24.4. The molecule has 0 saturated carbocycles. The highest BCUT2D eigenvalue weighted by Crippen LogP contribution is 2.32. The highest BCUT2D eigenvalue weighted by molar-refractivity contribution is 7.91. The van der Waals surface area contributed by atoms with E-state index in [2.05, 4.69) is 29.5 Å². The molecule has 1 saturated heterocycles. The number of fused-ring (bicyclic) bond motifs is 1. The zero-order valence-corrected chi connectivity index (χ0v) is 22.6. The number of amides is 1. The Morgan fingerprint density at radius 2 is 1.86 bits per heavy atom. The highest BCUT2D eigenvalue weighted by atomic mass is 35.5. The van der Waals surface area contributed by atoms with Crippen molar-refractivity contribution in [1.29, 1.82) is 0 Å². The molecule has 3 aromatic heterocycles. The van der Waals surface area contributed by atoms with Crippen molar-refractivity contribution in [1.82, 2.24) is 19.1 Å². The van der Waals surface area contributed by atoms with Gasteiger partial charge >= 0.3 is 0 Å². The normalized spacial score (nSPS) is 15.7. The summed E-state index contributed by atoms with van der Waals surface area (Å²) in [6, 6.07) is 9.13. The fourth-order valence-corrected chi connectivity index (χ4v) is 8.55. The van der Waals surface area contributed by atoms with Crippen LogP contribution in [0.15, 0.2) is 34.5 Å². The Hall–Kier alpha value is -2.31. The second kappa shape index (κ2) is 9.29. The van der Waals surface area contributed by atoms with Crippen molar-refractivity contribution in [3.8, 4) is 5.13 Å². The molecule has 1 aromatic carbocycles. The van der Waals surface area contributed by atoms with E-state index in [0.29, 0.717) is 28.1 Å². The number of thiophene rings is 1. The van der Waals surface area contributed by atoms with E-state index in [1.165, 1.54) is 27.3 Å². The van der Waals surface area contributed by atoms with Crippen LogP contribution in [0.5, 0.6) is 0 Å². The monoisotopic (exact) mass is 549 g/mol. The van der Waals surface area contributed by atoms with Gasteiger partial charge in [0.2, 0.25) is 11.0 Å². The predicted molar refractivity (Wildman–Crippen MR) is 140 cm³/mol. The molecule has 184 valence electrons. The van der Waals surface area contributed by atoms with Gasteiger partial charge in [-0.05, 0) is 62.9 Å². The maximum absolute atomic E-state index is 13.1. The number of hydrogen-bond acceptors (Lipinski definition) is 7. The first-order valence-electron chi connectivity index (χ1n) is 11.1. The second-order valence-electron chi connectivity index (χ2n) is 8.73. The average molecular weight is 550 g/mol. The number of rotatable bonds is 5. The van der Waals surface area contributed by atoms with Gasteiger partial charge in [0.1, 0.15) is 10.0 Å². The summed E-state index contributed by atoms with van der Waals surface area (Å²) in [5, 5.41) is 8.25. The number of thiazole rings is 1. The van der Waals surface area contributed by atoms with Gasteiger partial charge in [-0.15, -0.1) is 11.3 Å². The molecule has 1 N–H and O–H groups in total. The smallest absolute Gasteiger partial charge is 0.252 e. The van der Waals surface area contributed by atoms with Gasteiger partial charge in [-0.1, -0.05) is 29.0 Å². The largest absolute Gasteiger partial charge is 0.310 e. The van der Waals surface area contributed by atoms with E-state index in [4.69, 9.17) is 16.6 Å². The molecule has 1 aliphatic heterocycles. The molecule has 4 aromatic rings. The quantitative estimate of drug-likeness (QED) is 0.371. The van der Waals surface area contributed by atoms with Crippen molar-refractivity contribution in [3.05, 3.63) is 51.5 Å². The second-order valence-corrected chi connectivity index (χ2v) is 13.6. The van der Waals surface area contributed by atoms with Gasteiger partial charge in [0.25, 0.3) is 10.0 Å². The molecule has 0 bridgehead atoms. The molecule has 4 heterocycles. The first-order chi connectivity index (χ1) is 16.6. The van der Waals surface area contributed by atoms with Crippen molar-refractivity contribution >= 4 is 66.2 Å². The molecule has 8 nitrogen and oxygen atoms in total. The van der Waals surface area contributed by atoms with E-state index >= 15 is 0 Å². The predicted octanol–water partition coefficient (Wildman–Crippen LogP) is 5.16. The van der Waals surface area contributed by atoms with E-state index in [1.54, 1.807) is 10.7 Å². The van der Waals surface area contributed by atoms with Crippen molar-refractivity contribution in [2.45, 2.75) is 37.8 Å². The van der Waals surface area contributed by atoms with Crippen molar-refractivity contribution in [2.24, 2.45) is 5.92 Å². The minimum Gasteiger partial charge on any atom is -0.310 e. The third-order valence-corrected chi connectivity index (χ3v) is 10.6. The van der Waals surface area contributed by atoms with E-state index in [1.807, 2.05) is 19.9 Å². The van der Waals surface area contributed by atoms with Gasteiger partial charge in [-0.3, -0.25) is 4.79 Å². The molecule has 0 atom stereocenters. The SMILES string of the molecule is Cc1cc(C)c2nc(-n3nc(C)cc3NC(=O)C3CCN(S(=O)(=O)c4ccc(Cl)s4)CC3)sc2c1. The third kappa shape index (κ3) is 4.75. The lowest BCUT2D eigenvalue weighted by Crippen LogP contribution is -2.41. The standard InChI is InChI=1S/C23H24ClN5O3S3/c1-13-10-14(2)21-17(11-13)33-23(26-21)29-19(12-15(3)27-29)25-22(30)16-6-8-28(9-7-16)35(31,32)20-5-4-18(24)34-20/h4-5,10-12,16H,6-9H2,1-3H3,(H,25,30). The summed E-state index contributed by atoms with van der Waals surface area (Å²) in [6.45, 7) is 6.53. The number of halogens is 1. The Labute approximate surface area is 216 Å². The topological polar surface area (TPSA) is 97.2 Å². The number of anilines is 1. The van der Waals surface area contributed by atoms with E-state index < -0.39 is 10.0 Å². The van der Waals surface area contributed by atoms with E-state index in [9.17, 15) is 13.2 Å². The molecule has 1 fully saturated rings. The van der Waals surface area contributed by atoms with Crippen LogP contribution < -0.4 is 5.32 Å². The van der Waals surface area contributed by atoms with Gasteiger partial charge in [-0.25, -0.2) is 13.4 Å². The van der Waals surface area contributed by atoms with Crippen LogP contribution in [0, 0.1) is 26.7 Å². The number of piperidine rings is 1. The fraction of sp³-hybridized carbons (Fsp3) is 0.348. The molecule has 12 heteroatoms. The summed E-state index contributed by atoms with van der Waals surface area (Å²) in [5.74, 6) is 0.122. The van der Waals surface area contributed by atoms with Gasteiger partial charge in [-0.2, -0.15) is 14.1 Å². The maximum Gasteiger partial charge on any atom is 0.252 e. The Bertz CT molecular complexity index is 1530. The Balaban J connectivity index is 1.31. The lowest BCUT2D eigenvalue weighted by atomic mass is 9.97. The molecule has 0 unspecified atom stereocenters. The van der Waals surface area contributed by atoms with E-state index in [0.717, 1.165) is 32.8 Å².